The number of alkyl halides is 3. The summed E-state index contributed by atoms with van der Waals surface area (Å²) in [6, 6.07) is 2.36. The molecule has 1 aromatic heterocycles. The minimum Gasteiger partial charge on any atom is -0.493 e. The summed E-state index contributed by atoms with van der Waals surface area (Å²) in [6.45, 7) is 0.941. The average Bonchev–Trinajstić information content (AvgIpc) is 3.45. The van der Waals surface area contributed by atoms with Gasteiger partial charge in [-0.05, 0) is 30.5 Å². The predicted octanol–water partition coefficient (Wildman–Crippen LogP) is 3.47. The first-order valence-electron chi connectivity index (χ1n) is 10.3. The van der Waals surface area contributed by atoms with Crippen molar-refractivity contribution in [1.29, 1.82) is 0 Å². The largest absolute Gasteiger partial charge is 0.493 e. The molecule has 0 bridgehead atoms. The number of nitrogens with zero attached hydrogens (tertiary/aromatic N) is 2. The summed E-state index contributed by atoms with van der Waals surface area (Å²) in [5, 5.41) is 9.71. The van der Waals surface area contributed by atoms with E-state index in [1.54, 1.807) is 18.2 Å². The van der Waals surface area contributed by atoms with Gasteiger partial charge in [-0.15, -0.1) is 0 Å². The summed E-state index contributed by atoms with van der Waals surface area (Å²) in [6.07, 6.45) is -1.98. The Morgan fingerprint density at radius 1 is 1.31 bits per heavy atom. The van der Waals surface area contributed by atoms with Gasteiger partial charge < -0.3 is 24.8 Å². The zero-order valence-electron chi connectivity index (χ0n) is 17.7. The molecule has 0 radical (unpaired) electrons. The lowest BCUT2D eigenvalue weighted by atomic mass is 9.96. The Morgan fingerprint density at radius 2 is 2.09 bits per heavy atom. The minimum absolute atomic E-state index is 0.0307. The number of carbonyl (C=O) groups is 1. The fourth-order valence-corrected chi connectivity index (χ4v) is 4.12. The van der Waals surface area contributed by atoms with E-state index in [0.29, 0.717) is 30.2 Å². The highest BCUT2D eigenvalue weighted by Gasteiger charge is 2.47. The van der Waals surface area contributed by atoms with Crippen LogP contribution in [-0.2, 0) is 4.74 Å². The van der Waals surface area contributed by atoms with Crippen molar-refractivity contribution in [2.75, 3.05) is 32.7 Å². The Kier molecular flexibility index (Phi) is 6.18. The van der Waals surface area contributed by atoms with E-state index in [2.05, 4.69) is 15.7 Å². The van der Waals surface area contributed by atoms with E-state index in [4.69, 9.17) is 14.2 Å². The van der Waals surface area contributed by atoms with Gasteiger partial charge in [0.1, 0.15) is 11.4 Å². The number of benzene rings is 1. The quantitative estimate of drug-likeness (QED) is 0.695. The van der Waals surface area contributed by atoms with Gasteiger partial charge in [0.25, 0.3) is 5.91 Å². The van der Waals surface area contributed by atoms with Crippen LogP contribution in [0.1, 0.15) is 47.3 Å². The topological polar surface area (TPSA) is 86.6 Å². The summed E-state index contributed by atoms with van der Waals surface area (Å²) < 4.78 is 58.5. The summed E-state index contributed by atoms with van der Waals surface area (Å²) in [4.78, 5) is 12.7. The van der Waals surface area contributed by atoms with Gasteiger partial charge in [0.15, 0.2) is 17.5 Å². The third-order valence-corrected chi connectivity index (χ3v) is 5.81. The van der Waals surface area contributed by atoms with Crippen molar-refractivity contribution in [2.24, 2.45) is 0 Å². The SMILES string of the molecule is COc1ccc([C@@H]2C[C@@H](C(F)(F)F)n3ncc(C(=O)NC[C@H]4CCCO4)c3N2)cc1OC. The maximum absolute atomic E-state index is 13.9. The number of carbonyl (C=O) groups excluding carboxylic acids is 1. The Hall–Kier alpha value is -2.95. The van der Waals surface area contributed by atoms with E-state index in [9.17, 15) is 18.0 Å². The van der Waals surface area contributed by atoms with Crippen molar-refractivity contribution in [1.82, 2.24) is 15.1 Å². The number of hydrogen-bond acceptors (Lipinski definition) is 6. The maximum Gasteiger partial charge on any atom is 0.410 e. The second kappa shape index (κ2) is 8.89. The van der Waals surface area contributed by atoms with Crippen LogP contribution in [0, 0.1) is 0 Å². The molecule has 2 aliphatic heterocycles. The number of anilines is 1. The molecule has 4 rings (SSSR count). The molecule has 0 unspecified atom stereocenters. The number of nitrogens with one attached hydrogen (secondary N) is 2. The molecule has 1 amide bonds. The number of aromatic nitrogens is 2. The molecule has 1 saturated heterocycles. The van der Waals surface area contributed by atoms with Gasteiger partial charge in [-0.1, -0.05) is 6.07 Å². The molecule has 0 aliphatic carbocycles. The average molecular weight is 454 g/mol. The van der Waals surface area contributed by atoms with Gasteiger partial charge in [0.2, 0.25) is 0 Å². The van der Waals surface area contributed by atoms with E-state index < -0.39 is 24.2 Å². The predicted molar refractivity (Wildman–Crippen MR) is 109 cm³/mol. The van der Waals surface area contributed by atoms with Crippen LogP contribution >= 0.6 is 0 Å². The van der Waals surface area contributed by atoms with Crippen LogP contribution in [0.4, 0.5) is 19.0 Å². The normalized spacial score (nSPS) is 22.7. The van der Waals surface area contributed by atoms with E-state index in [1.165, 1.54) is 20.4 Å². The molecule has 174 valence electrons. The highest BCUT2D eigenvalue weighted by molar-refractivity contribution is 5.98. The first-order chi connectivity index (χ1) is 15.3. The zero-order chi connectivity index (χ0) is 22.9. The van der Waals surface area contributed by atoms with Crippen LogP contribution in [0.15, 0.2) is 24.4 Å². The van der Waals surface area contributed by atoms with Crippen molar-refractivity contribution < 1.29 is 32.2 Å². The van der Waals surface area contributed by atoms with Crippen molar-refractivity contribution >= 4 is 11.7 Å². The third-order valence-electron chi connectivity index (χ3n) is 5.81. The molecule has 32 heavy (non-hydrogen) atoms. The lowest BCUT2D eigenvalue weighted by molar-refractivity contribution is -0.173. The van der Waals surface area contributed by atoms with Crippen molar-refractivity contribution in [3.05, 3.63) is 35.5 Å². The van der Waals surface area contributed by atoms with Crippen molar-refractivity contribution in [3.63, 3.8) is 0 Å². The molecule has 1 fully saturated rings. The monoisotopic (exact) mass is 454 g/mol. The Balaban J connectivity index is 1.63. The number of halogens is 3. The summed E-state index contributed by atoms with van der Waals surface area (Å²) in [5.41, 5.74) is 0.637. The van der Waals surface area contributed by atoms with E-state index in [0.717, 1.165) is 17.5 Å². The number of fused-ring (bicyclic) bond motifs is 1. The number of methoxy groups -OCH3 is 2. The molecule has 1 aromatic carbocycles. The van der Waals surface area contributed by atoms with Crippen LogP contribution in [0.3, 0.4) is 0 Å². The minimum atomic E-state index is -4.54. The summed E-state index contributed by atoms with van der Waals surface area (Å²) in [7, 11) is 2.94. The molecular weight excluding hydrogens is 429 g/mol. The first-order valence-corrected chi connectivity index (χ1v) is 10.3. The Morgan fingerprint density at radius 3 is 2.75 bits per heavy atom. The lowest BCUT2D eigenvalue weighted by Gasteiger charge is -2.34. The number of amides is 1. The highest BCUT2D eigenvalue weighted by Crippen LogP contribution is 2.45. The van der Waals surface area contributed by atoms with E-state index in [-0.39, 0.29) is 23.9 Å². The second-order valence-electron chi connectivity index (χ2n) is 7.80. The van der Waals surface area contributed by atoms with E-state index >= 15 is 0 Å². The van der Waals surface area contributed by atoms with Gasteiger partial charge in [0, 0.05) is 19.6 Å². The van der Waals surface area contributed by atoms with Crippen LogP contribution in [0.5, 0.6) is 11.5 Å². The molecule has 0 spiro atoms. The molecule has 11 heteroatoms. The highest BCUT2D eigenvalue weighted by atomic mass is 19.4. The smallest absolute Gasteiger partial charge is 0.410 e. The van der Waals surface area contributed by atoms with Gasteiger partial charge in [-0.25, -0.2) is 4.68 Å². The second-order valence-corrected chi connectivity index (χ2v) is 7.80. The molecular formula is C21H25F3N4O4. The Bertz CT molecular complexity index is 972. The van der Waals surface area contributed by atoms with Crippen LogP contribution < -0.4 is 20.1 Å². The van der Waals surface area contributed by atoms with Crippen LogP contribution in [0.25, 0.3) is 0 Å². The number of hydrogen-bond donors (Lipinski definition) is 2. The molecule has 8 nitrogen and oxygen atoms in total. The third kappa shape index (κ3) is 4.34. The first kappa shape index (κ1) is 22.3. The molecule has 2 aliphatic rings. The molecule has 3 heterocycles. The fraction of sp³-hybridized carbons (Fsp3) is 0.524. The van der Waals surface area contributed by atoms with Crippen molar-refractivity contribution in [2.45, 2.75) is 43.6 Å². The van der Waals surface area contributed by atoms with Gasteiger partial charge in [0.05, 0.1) is 32.6 Å². The number of rotatable bonds is 6. The van der Waals surface area contributed by atoms with Crippen molar-refractivity contribution in [3.8, 4) is 11.5 Å². The molecule has 0 saturated carbocycles. The standard InChI is InChI=1S/C21H25F3N4O4/c1-30-16-6-5-12(8-17(16)31-2)15-9-18(21(22,23)24)28-19(27-15)14(11-26-28)20(29)25-10-13-4-3-7-32-13/h5-6,8,11,13,15,18,27H,3-4,7,9-10H2,1-2H3,(H,25,29)/t13-,15+,18+/m1/s1. The Labute approximate surface area is 183 Å². The van der Waals surface area contributed by atoms with E-state index in [1.807, 2.05) is 0 Å². The summed E-state index contributed by atoms with van der Waals surface area (Å²) >= 11 is 0. The maximum atomic E-state index is 13.9. The molecule has 3 atom stereocenters. The zero-order valence-corrected chi connectivity index (χ0v) is 17.7. The van der Waals surface area contributed by atoms with Gasteiger partial charge in [-0.3, -0.25) is 4.79 Å². The number of ether oxygens (including phenoxy) is 3. The van der Waals surface area contributed by atoms with Gasteiger partial charge >= 0.3 is 6.18 Å². The molecule has 2 N–H and O–H groups in total. The van der Waals surface area contributed by atoms with Crippen LogP contribution in [-0.4, -0.2) is 55.3 Å². The fourth-order valence-electron chi connectivity index (χ4n) is 4.12. The van der Waals surface area contributed by atoms with Crippen LogP contribution in [0.2, 0.25) is 0 Å². The van der Waals surface area contributed by atoms with Gasteiger partial charge in [-0.2, -0.15) is 18.3 Å². The molecule has 2 aromatic rings. The lowest BCUT2D eigenvalue weighted by Crippen LogP contribution is -2.37. The summed E-state index contributed by atoms with van der Waals surface area (Å²) in [5.74, 6) is 0.411.